The van der Waals surface area contributed by atoms with Crippen molar-refractivity contribution in [3.63, 3.8) is 0 Å². The third-order valence-corrected chi connectivity index (χ3v) is 26.2. The third kappa shape index (κ3) is 11.4. The van der Waals surface area contributed by atoms with Gasteiger partial charge in [-0.2, -0.15) is 0 Å². The summed E-state index contributed by atoms with van der Waals surface area (Å²) in [6.07, 6.45) is 22.4. The van der Waals surface area contributed by atoms with Gasteiger partial charge in [0.15, 0.2) is 5.78 Å². The first kappa shape index (κ1) is 63.4. The van der Waals surface area contributed by atoms with Crippen LogP contribution in [-0.2, 0) is 36.9 Å². The van der Waals surface area contributed by atoms with E-state index in [0.717, 1.165) is 111 Å². The number of Topliss-reactive ketones (excluding diaryl/α,β-unsaturated/α-hetero) is 1. The Kier molecular flexibility index (Phi) is 18.0. The maximum absolute atomic E-state index is 13.6. The lowest BCUT2D eigenvalue weighted by Gasteiger charge is -2.49. The second kappa shape index (κ2) is 25.5. The zero-order valence-corrected chi connectivity index (χ0v) is 55.6. The molecule has 2 spiro atoms. The van der Waals surface area contributed by atoms with Crippen molar-refractivity contribution in [3.8, 4) is 0 Å². The molecule has 3 aromatic rings. The fraction of sp³-hybridized carbons (Fsp3) is 0.633. The average molecular weight is 1230 g/mol. The number of ketones is 1. The third-order valence-electron chi connectivity index (χ3n) is 26.2. The first-order valence-corrected chi connectivity index (χ1v) is 35.3. The van der Waals surface area contributed by atoms with Gasteiger partial charge in [-0.1, -0.05) is 174 Å². The highest BCUT2D eigenvalue weighted by Gasteiger charge is 2.64. The number of nitrogens with one attached hydrogen (secondary N) is 1. The van der Waals surface area contributed by atoms with Gasteiger partial charge in [-0.25, -0.2) is 9.59 Å². The SMILES string of the molecule is CC1=C2C[C@H]3[C@@H](CC=C4C[C@@H](O)CC[C@@]43C)[C@@H]2CC[C@]12O[C@@H]1C[C@H](C)CN[C@H]1[C@H]2C.CC1=C2C[C@H]3[C@@H](CC=C4C[C@@H](OC(=O)OCc5ccccc5)CC[C@@]43C)[C@@H]2CC[C@]12O[C@@H]1C[C@H](C)CN(C(=O)OCc3ccccc3)[C@H]1[C@H]2C.CCC(=O)c1ccccc1. The number of nitrogens with zero attached hydrogens (tertiary/aromatic N) is 1. The first-order chi connectivity index (χ1) is 43.3. The molecule has 4 saturated carbocycles. The summed E-state index contributed by atoms with van der Waals surface area (Å²) in [5.74, 6) is 6.22. The Balaban J connectivity index is 0.000000155. The molecular formula is C79H104N2O9. The van der Waals surface area contributed by atoms with Crippen LogP contribution in [0.15, 0.2) is 137 Å². The number of piperidine rings is 2. The van der Waals surface area contributed by atoms with Crippen LogP contribution in [0.1, 0.15) is 193 Å². The van der Waals surface area contributed by atoms with Gasteiger partial charge in [-0.05, 0) is 197 Å². The number of hydrogen-bond donors (Lipinski definition) is 2. The Morgan fingerprint density at radius 3 is 1.77 bits per heavy atom. The molecule has 15 rings (SSSR count). The number of fused-ring (bicyclic) bond motifs is 12. The maximum atomic E-state index is 13.6. The summed E-state index contributed by atoms with van der Waals surface area (Å²) in [6.45, 7) is 23.4. The Labute approximate surface area is 537 Å². The Hall–Kier alpha value is -5.33. The standard InChI is InChI=1S/C43H53NO6.C27H41NO2.C9H10O/c1-27-21-38-39(44(24-27)40(45)47-25-30-11-7-5-8-12-30)29(3)43(50-38)20-18-34-35-16-15-32-22-33(49-41(46)48-26-31-13-9-6-10-14-31)17-19-42(32,4)37(35)23-36(34)28(43)2;1-15-11-24-25(28-14-15)17(3)27(30-24)10-8-20-21-6-5-18-12-19(29)7-9-26(18,4)23(21)13-22(20)16(27)2;1-2-9(10)8-6-4-3-5-7-8/h5-15,27,29,33-35,37-39H,16-26H2,1-4H3;5,15,17,19-21,23-25,28-29H,6-14H2,1-4H3;3-7H,2H2,1H3/t27-,29+,33-,34-,35-,37-,38+,39-,42-,43-;15-,17+,19-,20-,21-,23-,24+,25-,26-,27-;/m00./s1. The van der Waals surface area contributed by atoms with Crippen LogP contribution in [0.2, 0.25) is 0 Å². The van der Waals surface area contributed by atoms with Crippen molar-refractivity contribution in [1.82, 2.24) is 10.2 Å². The number of amides is 1. The highest BCUT2D eigenvalue weighted by molar-refractivity contribution is 5.95. The molecule has 484 valence electrons. The van der Waals surface area contributed by atoms with Gasteiger partial charge in [0, 0.05) is 42.8 Å². The van der Waals surface area contributed by atoms with Crippen LogP contribution < -0.4 is 5.32 Å². The van der Waals surface area contributed by atoms with Gasteiger partial charge in [0.1, 0.15) is 19.3 Å². The molecule has 12 aliphatic rings. The monoisotopic (exact) mass is 1220 g/mol. The van der Waals surface area contributed by atoms with Crippen LogP contribution >= 0.6 is 0 Å². The van der Waals surface area contributed by atoms with Crippen molar-refractivity contribution in [1.29, 1.82) is 0 Å². The number of benzene rings is 3. The number of rotatable bonds is 7. The highest BCUT2D eigenvalue weighted by atomic mass is 16.7. The Bertz CT molecular complexity index is 3250. The van der Waals surface area contributed by atoms with Gasteiger partial charge in [-0.15, -0.1) is 0 Å². The second-order valence-corrected chi connectivity index (χ2v) is 30.8. The summed E-state index contributed by atoms with van der Waals surface area (Å²) in [6, 6.07) is 29.6. The van der Waals surface area contributed by atoms with Crippen molar-refractivity contribution in [2.24, 2.45) is 70.0 Å². The first-order valence-electron chi connectivity index (χ1n) is 35.3. The predicted octanol–water partition coefficient (Wildman–Crippen LogP) is 16.7. The average Bonchev–Trinajstić information content (AvgIpc) is 1.55. The lowest BCUT2D eigenvalue weighted by molar-refractivity contribution is -0.0639. The molecule has 1 amide bonds. The largest absolute Gasteiger partial charge is 0.508 e. The quantitative estimate of drug-likeness (QED) is 0.134. The Morgan fingerprint density at radius 2 is 1.17 bits per heavy atom. The molecule has 11 heteroatoms. The van der Waals surface area contributed by atoms with Crippen LogP contribution in [0.3, 0.4) is 0 Å². The predicted molar refractivity (Wildman–Crippen MR) is 352 cm³/mol. The summed E-state index contributed by atoms with van der Waals surface area (Å²) < 4.78 is 31.5. The lowest BCUT2D eigenvalue weighted by Crippen LogP contribution is -2.54. The minimum Gasteiger partial charge on any atom is -0.445 e. The highest BCUT2D eigenvalue weighted by Crippen LogP contribution is 2.67. The molecule has 8 aliphatic carbocycles. The van der Waals surface area contributed by atoms with E-state index < -0.39 is 6.16 Å². The molecular weight excluding hydrogens is 1120 g/mol. The van der Waals surface area contributed by atoms with E-state index in [2.05, 4.69) is 72.9 Å². The number of carbonyl (C=O) groups is 3. The number of aliphatic hydroxyl groups excluding tert-OH is 1. The zero-order valence-electron chi connectivity index (χ0n) is 55.6. The zero-order chi connectivity index (χ0) is 62.9. The molecule has 3 aromatic carbocycles. The van der Waals surface area contributed by atoms with Gasteiger partial charge in [0.05, 0.1) is 35.6 Å². The molecule has 20 atom stereocenters. The number of likely N-dealkylation sites (tertiary alicyclic amines) is 1. The van der Waals surface area contributed by atoms with Gasteiger partial charge < -0.3 is 39.0 Å². The summed E-state index contributed by atoms with van der Waals surface area (Å²) in [5, 5.41) is 14.1. The van der Waals surface area contributed by atoms with Crippen LogP contribution in [0.5, 0.6) is 0 Å². The number of aliphatic hydroxyl groups is 1. The molecule has 2 N–H and O–H groups in total. The van der Waals surface area contributed by atoms with E-state index in [4.69, 9.17) is 23.7 Å². The van der Waals surface area contributed by atoms with E-state index in [1.165, 1.54) is 49.7 Å². The van der Waals surface area contributed by atoms with Crippen molar-refractivity contribution in [3.05, 3.63) is 153 Å². The van der Waals surface area contributed by atoms with Gasteiger partial charge in [0.2, 0.25) is 0 Å². The molecule has 0 unspecified atom stereocenters. The number of carbonyl (C=O) groups excluding carboxylic acids is 3. The molecule has 4 heterocycles. The summed E-state index contributed by atoms with van der Waals surface area (Å²) in [4.78, 5) is 39.3. The molecule has 8 fully saturated rings. The molecule has 4 aliphatic heterocycles. The van der Waals surface area contributed by atoms with Crippen LogP contribution in [0, 0.1) is 70.0 Å². The molecule has 0 aromatic heterocycles. The topological polar surface area (TPSA) is 133 Å². The molecule has 11 nitrogen and oxygen atoms in total. The van der Waals surface area contributed by atoms with E-state index in [0.29, 0.717) is 60.1 Å². The number of ether oxygens (including phenoxy) is 5. The van der Waals surface area contributed by atoms with Crippen molar-refractivity contribution in [2.75, 3.05) is 13.1 Å². The van der Waals surface area contributed by atoms with E-state index in [1.807, 2.05) is 103 Å². The van der Waals surface area contributed by atoms with E-state index >= 15 is 0 Å². The molecule has 0 radical (unpaired) electrons. The molecule has 4 saturated heterocycles. The van der Waals surface area contributed by atoms with Crippen LogP contribution in [-0.4, -0.2) is 88.8 Å². The normalized spacial score (nSPS) is 40.1. The van der Waals surface area contributed by atoms with E-state index in [1.54, 1.807) is 22.3 Å². The van der Waals surface area contributed by atoms with Gasteiger partial charge in [-0.3, -0.25) is 4.79 Å². The fourth-order valence-electron chi connectivity index (χ4n) is 21.2. The summed E-state index contributed by atoms with van der Waals surface area (Å²) >= 11 is 0. The van der Waals surface area contributed by atoms with Crippen molar-refractivity contribution in [2.45, 2.75) is 232 Å². The molecule has 90 heavy (non-hydrogen) atoms. The van der Waals surface area contributed by atoms with Crippen molar-refractivity contribution < 1.29 is 43.2 Å². The van der Waals surface area contributed by atoms with Crippen LogP contribution in [0.4, 0.5) is 9.59 Å². The molecule has 0 bridgehead atoms. The van der Waals surface area contributed by atoms with E-state index in [-0.39, 0.29) is 72.0 Å². The van der Waals surface area contributed by atoms with Gasteiger partial charge in [0.25, 0.3) is 0 Å². The maximum Gasteiger partial charge on any atom is 0.508 e. The second-order valence-electron chi connectivity index (χ2n) is 30.8. The summed E-state index contributed by atoms with van der Waals surface area (Å²) in [7, 11) is 0. The van der Waals surface area contributed by atoms with E-state index in [9.17, 15) is 19.5 Å². The number of hydrogen-bond acceptors (Lipinski definition) is 10. The van der Waals surface area contributed by atoms with Crippen LogP contribution in [0.25, 0.3) is 0 Å². The minimum atomic E-state index is -0.571. The van der Waals surface area contributed by atoms with Crippen molar-refractivity contribution >= 4 is 18.0 Å². The minimum absolute atomic E-state index is 0.0192. The smallest absolute Gasteiger partial charge is 0.445 e. The van der Waals surface area contributed by atoms with Gasteiger partial charge >= 0.3 is 12.2 Å². The fourth-order valence-corrected chi connectivity index (χ4v) is 21.2. The summed E-state index contributed by atoms with van der Waals surface area (Å²) in [5.41, 5.74) is 12.3. The lowest BCUT2D eigenvalue weighted by atomic mass is 9.56. The Morgan fingerprint density at radius 1 is 0.633 bits per heavy atom. The number of allylic oxidation sites excluding steroid dienone is 4.